The Morgan fingerprint density at radius 1 is 1.05 bits per heavy atom. The molecule has 2 fully saturated rings. The van der Waals surface area contributed by atoms with Crippen LogP contribution in [0.2, 0.25) is 0 Å². The first kappa shape index (κ1) is 29.5. The average molecular weight is 615 g/mol. The minimum atomic E-state index is -1.11. The van der Waals surface area contributed by atoms with E-state index in [-0.39, 0.29) is 40.9 Å². The zero-order valence-electron chi connectivity index (χ0n) is 24.7. The van der Waals surface area contributed by atoms with Gasteiger partial charge in [0.1, 0.15) is 18.6 Å². The van der Waals surface area contributed by atoms with Gasteiger partial charge in [-0.2, -0.15) is 0 Å². The van der Waals surface area contributed by atoms with E-state index < -0.39 is 53.4 Å². The molecule has 2 saturated heterocycles. The van der Waals surface area contributed by atoms with Crippen molar-refractivity contribution in [2.75, 3.05) is 33.6 Å². The Labute approximate surface area is 252 Å². The lowest BCUT2D eigenvalue weighted by atomic mass is 9.73. The zero-order valence-corrected chi connectivity index (χ0v) is 25.5. The third kappa shape index (κ3) is 4.20. The number of aliphatic hydroxyl groups is 1. The number of rotatable bonds is 3. The van der Waals surface area contributed by atoms with Crippen molar-refractivity contribution in [2.24, 2.45) is 0 Å². The first-order valence-electron chi connectivity index (χ1n) is 13.9. The van der Waals surface area contributed by atoms with Crippen LogP contribution in [0.3, 0.4) is 0 Å². The Kier molecular flexibility index (Phi) is 7.27. The van der Waals surface area contributed by atoms with E-state index in [1.807, 2.05) is 24.9 Å². The molecule has 0 radical (unpaired) electrons. The van der Waals surface area contributed by atoms with Crippen LogP contribution < -0.4 is 14.2 Å². The van der Waals surface area contributed by atoms with Gasteiger partial charge in [0.2, 0.25) is 5.78 Å². The minimum Gasteiger partial charge on any atom is -0.504 e. The smallest absolute Gasteiger partial charge is 0.375 e. The molecule has 2 aromatic carbocycles. The number of piperazine rings is 1. The van der Waals surface area contributed by atoms with Crippen molar-refractivity contribution in [1.29, 1.82) is 0 Å². The number of ketones is 1. The summed E-state index contributed by atoms with van der Waals surface area (Å²) in [6, 6.07) is -0.625. The largest absolute Gasteiger partial charge is 0.504 e. The van der Waals surface area contributed by atoms with Crippen LogP contribution >= 0.6 is 11.8 Å². The van der Waals surface area contributed by atoms with E-state index in [0.717, 1.165) is 22.9 Å². The number of hydrogen-bond donors (Lipinski definition) is 3. The number of esters is 2. The third-order valence-electron chi connectivity index (χ3n) is 9.19. The SMILES string of the molecule is COc1c(C)cc2c(c1O)[C@H]1C3C4SCC(=O)C(=O)OCC(c5c(O)c(OC)c(C)c(OC(C)=O)c54)N3C(O)[C@@H](C2)N1C. The number of thioether (sulfide) groups is 1. The lowest BCUT2D eigenvalue weighted by Crippen LogP contribution is -2.69. The number of likely N-dealkylation sites (N-methyl/N-ethyl adjacent to an activating group) is 1. The molecular formula is C30H34N2O10S. The fraction of sp³-hybridized carbons (Fsp3) is 0.500. The molecule has 4 unspecified atom stereocenters. The summed E-state index contributed by atoms with van der Waals surface area (Å²) >= 11 is 1.13. The highest BCUT2D eigenvalue weighted by Gasteiger charge is 2.60. The number of cyclic esters (lactones) is 1. The van der Waals surface area contributed by atoms with Gasteiger partial charge < -0.3 is 34.3 Å². The molecule has 13 heteroatoms. The van der Waals surface area contributed by atoms with Crippen LogP contribution in [0.25, 0.3) is 0 Å². The molecule has 3 N–H and O–H groups in total. The Morgan fingerprint density at radius 2 is 1.72 bits per heavy atom. The van der Waals surface area contributed by atoms with Crippen molar-refractivity contribution in [2.45, 2.75) is 62.8 Å². The van der Waals surface area contributed by atoms with Crippen LogP contribution in [-0.4, -0.2) is 94.8 Å². The monoisotopic (exact) mass is 614 g/mol. The number of aromatic hydroxyl groups is 2. The standard InChI is InChI=1S/C30H34N2O10S/c1-11-7-14-8-15-29(37)32-16-9-41-30(38)17(34)10-43-28(22(32)21(31(15)4)18(14)23(35)25(11)39-5)20-19(16)24(36)27(40-6)12(2)26(20)42-13(3)33/h7,15-16,21-22,28-29,35-37H,8-10H2,1-6H3/t15-,16?,21+,22?,28?,29?/m1/s1. The Morgan fingerprint density at radius 3 is 2.37 bits per heavy atom. The predicted molar refractivity (Wildman–Crippen MR) is 154 cm³/mol. The van der Waals surface area contributed by atoms with Crippen molar-refractivity contribution < 1.29 is 48.7 Å². The first-order valence-corrected chi connectivity index (χ1v) is 15.0. The van der Waals surface area contributed by atoms with E-state index in [9.17, 15) is 29.7 Å². The topological polar surface area (TPSA) is 155 Å². The van der Waals surface area contributed by atoms with Crippen LogP contribution in [0, 0.1) is 13.8 Å². The third-order valence-corrected chi connectivity index (χ3v) is 10.5. The molecule has 0 aromatic heterocycles. The molecule has 0 amide bonds. The number of phenols is 2. The molecule has 43 heavy (non-hydrogen) atoms. The summed E-state index contributed by atoms with van der Waals surface area (Å²) < 4.78 is 22.4. The number of carbonyl (C=O) groups is 3. The Balaban J connectivity index is 1.70. The minimum absolute atomic E-state index is 0.0150. The maximum Gasteiger partial charge on any atom is 0.375 e. The highest BCUT2D eigenvalue weighted by Crippen LogP contribution is 2.63. The van der Waals surface area contributed by atoms with Crippen LogP contribution in [-0.2, 0) is 25.5 Å². The second kappa shape index (κ2) is 10.6. The molecular weight excluding hydrogens is 580 g/mol. The summed E-state index contributed by atoms with van der Waals surface area (Å²) in [4.78, 5) is 41.7. The molecule has 0 saturated carbocycles. The van der Waals surface area contributed by atoms with Crippen molar-refractivity contribution >= 4 is 29.5 Å². The van der Waals surface area contributed by atoms with Gasteiger partial charge >= 0.3 is 11.9 Å². The number of aliphatic hydroxyl groups excluding tert-OH is 1. The number of ether oxygens (including phenoxy) is 4. The van der Waals surface area contributed by atoms with E-state index in [2.05, 4.69) is 0 Å². The summed E-state index contributed by atoms with van der Waals surface area (Å²) in [6.07, 6.45) is -0.703. The van der Waals surface area contributed by atoms with E-state index in [0.29, 0.717) is 28.9 Å². The van der Waals surface area contributed by atoms with Gasteiger partial charge in [-0.05, 0) is 38.4 Å². The summed E-state index contributed by atoms with van der Waals surface area (Å²) in [6.45, 7) is 4.39. The van der Waals surface area contributed by atoms with Gasteiger partial charge in [-0.3, -0.25) is 19.4 Å². The van der Waals surface area contributed by atoms with Crippen molar-refractivity contribution in [3.8, 4) is 28.7 Å². The molecule has 0 aliphatic carbocycles. The van der Waals surface area contributed by atoms with Crippen LogP contribution in [0.15, 0.2) is 6.07 Å². The fourth-order valence-electron chi connectivity index (χ4n) is 7.51. The molecule has 4 aliphatic rings. The highest BCUT2D eigenvalue weighted by atomic mass is 32.2. The molecule has 12 nitrogen and oxygen atoms in total. The summed E-state index contributed by atoms with van der Waals surface area (Å²) in [5, 5.41) is 34.6. The number of benzene rings is 2. The number of fused-ring (bicyclic) bond motifs is 7. The molecule has 2 aromatic rings. The number of Topliss-reactive ketones (excluding diaryl/α,β-unsaturated/α-hetero) is 1. The van der Waals surface area contributed by atoms with Gasteiger partial charge in [0, 0.05) is 35.2 Å². The van der Waals surface area contributed by atoms with Crippen LogP contribution in [0.5, 0.6) is 28.7 Å². The van der Waals surface area contributed by atoms with E-state index >= 15 is 0 Å². The second-order valence-electron chi connectivity index (χ2n) is 11.4. The summed E-state index contributed by atoms with van der Waals surface area (Å²) in [7, 11) is 4.74. The Bertz CT molecular complexity index is 1560. The van der Waals surface area contributed by atoms with Crippen molar-refractivity contribution in [1.82, 2.24) is 9.80 Å². The lowest BCUT2D eigenvalue weighted by molar-refractivity contribution is -0.184. The molecule has 4 aliphatic heterocycles. The molecule has 6 atom stereocenters. The maximum absolute atomic E-state index is 12.8. The molecule has 4 heterocycles. The van der Waals surface area contributed by atoms with Crippen molar-refractivity contribution in [3.63, 3.8) is 0 Å². The van der Waals surface area contributed by atoms with E-state index in [1.165, 1.54) is 21.1 Å². The molecule has 4 bridgehead atoms. The van der Waals surface area contributed by atoms with Gasteiger partial charge in [-0.25, -0.2) is 4.79 Å². The van der Waals surface area contributed by atoms with Crippen molar-refractivity contribution in [3.05, 3.63) is 39.4 Å². The average Bonchev–Trinajstić information content (AvgIpc) is 2.95. The second-order valence-corrected chi connectivity index (χ2v) is 12.5. The number of methoxy groups -OCH3 is 2. The van der Waals surface area contributed by atoms with Gasteiger partial charge in [-0.15, -0.1) is 11.8 Å². The fourth-order valence-corrected chi connectivity index (χ4v) is 8.85. The first-order chi connectivity index (χ1) is 20.4. The predicted octanol–water partition coefficient (Wildman–Crippen LogP) is 2.21. The van der Waals surface area contributed by atoms with Gasteiger partial charge in [0.05, 0.1) is 43.3 Å². The number of carbonyl (C=O) groups excluding carboxylic acids is 3. The summed E-state index contributed by atoms with van der Waals surface area (Å²) in [5.41, 5.74) is 3.33. The number of hydrogen-bond acceptors (Lipinski definition) is 13. The zero-order chi connectivity index (χ0) is 31.1. The van der Waals surface area contributed by atoms with Gasteiger partial charge in [0.15, 0.2) is 23.0 Å². The lowest BCUT2D eigenvalue weighted by Gasteiger charge is -2.61. The number of phenolic OH excluding ortho intramolecular Hbond substituents is 2. The Hall–Kier alpha value is -3.52. The van der Waals surface area contributed by atoms with Gasteiger partial charge in [0.25, 0.3) is 0 Å². The van der Waals surface area contributed by atoms with Crippen LogP contribution in [0.1, 0.15) is 57.6 Å². The van der Waals surface area contributed by atoms with E-state index in [1.54, 1.807) is 11.8 Å². The number of nitrogens with zero attached hydrogens (tertiary/aromatic N) is 2. The quantitative estimate of drug-likeness (QED) is 0.263. The maximum atomic E-state index is 12.8. The van der Waals surface area contributed by atoms with Gasteiger partial charge in [-0.1, -0.05) is 6.07 Å². The highest BCUT2D eigenvalue weighted by molar-refractivity contribution is 8.00. The van der Waals surface area contributed by atoms with E-state index in [4.69, 9.17) is 18.9 Å². The molecule has 6 rings (SSSR count). The van der Waals surface area contributed by atoms with Crippen LogP contribution in [0.4, 0.5) is 0 Å². The molecule has 230 valence electrons. The summed E-state index contributed by atoms with van der Waals surface area (Å²) in [5.74, 6) is -2.28. The normalized spacial score (nSPS) is 28.3. The molecule has 0 spiro atoms. The number of aryl methyl sites for hydroxylation is 1.